The first-order valence-electron chi connectivity index (χ1n) is 12.5. The maximum Gasteiger partial charge on any atom is 0.295 e. The van der Waals surface area contributed by atoms with Crippen molar-refractivity contribution in [3.8, 4) is 5.88 Å². The van der Waals surface area contributed by atoms with Gasteiger partial charge in [-0.1, -0.05) is 18.2 Å². The van der Waals surface area contributed by atoms with Crippen LogP contribution in [0.3, 0.4) is 0 Å². The number of benzene rings is 3. The molecule has 1 aromatic heterocycles. The Hall–Kier alpha value is -5.77. The van der Waals surface area contributed by atoms with Crippen LogP contribution >= 0.6 is 0 Å². The van der Waals surface area contributed by atoms with Crippen LogP contribution in [-0.2, 0) is 6.67 Å². The molecular weight excluding hydrogens is 552 g/mol. The van der Waals surface area contributed by atoms with Crippen molar-refractivity contribution in [2.45, 2.75) is 6.67 Å². The Balaban J connectivity index is 1.35. The van der Waals surface area contributed by atoms with Crippen molar-refractivity contribution in [2.75, 3.05) is 31.1 Å². The number of piperazine rings is 1. The van der Waals surface area contributed by atoms with Crippen LogP contribution in [0.4, 0.5) is 28.4 Å². The van der Waals surface area contributed by atoms with Crippen LogP contribution in [0.1, 0.15) is 10.4 Å². The van der Waals surface area contributed by atoms with E-state index in [2.05, 4.69) is 20.0 Å². The molecule has 4 aromatic rings. The zero-order valence-corrected chi connectivity index (χ0v) is 21.8. The SMILES string of the molecule is O=C(N=Nc1c(O)n(CN2CCN(c3ccc([N+](=O)[O-])cc3)CC2)c2ccccc12)c1cc([N+](=O)[O-])cc([N+](=O)[O-])c1. The molecule has 1 N–H and O–H groups in total. The maximum absolute atomic E-state index is 12.7. The second-order valence-corrected chi connectivity index (χ2v) is 9.39. The molecule has 0 spiro atoms. The average molecular weight is 575 g/mol. The molecule has 1 aliphatic rings. The number of rotatable bonds is 8. The number of anilines is 1. The number of amides is 1. The summed E-state index contributed by atoms with van der Waals surface area (Å²) in [5.74, 6) is -1.31. The van der Waals surface area contributed by atoms with E-state index in [1.54, 1.807) is 41.0 Å². The Kier molecular flexibility index (Phi) is 7.53. The van der Waals surface area contributed by atoms with Gasteiger partial charge in [-0.15, -0.1) is 10.2 Å². The number of aromatic hydroxyl groups is 1. The van der Waals surface area contributed by atoms with E-state index in [1.165, 1.54) is 12.1 Å². The third kappa shape index (κ3) is 5.59. The topological polar surface area (TPSA) is 203 Å². The average Bonchev–Trinajstić information content (AvgIpc) is 3.26. The second kappa shape index (κ2) is 11.4. The number of nitro benzene ring substituents is 3. The van der Waals surface area contributed by atoms with Crippen molar-refractivity contribution in [3.05, 3.63) is 103 Å². The number of carbonyl (C=O) groups is 1. The molecule has 0 radical (unpaired) electrons. The summed E-state index contributed by atoms with van der Waals surface area (Å²) in [6.07, 6.45) is 0. The van der Waals surface area contributed by atoms with Crippen molar-refractivity contribution in [1.29, 1.82) is 0 Å². The molecular formula is C26H22N8O8. The van der Waals surface area contributed by atoms with Gasteiger partial charge in [0, 0.05) is 61.5 Å². The molecule has 42 heavy (non-hydrogen) atoms. The van der Waals surface area contributed by atoms with E-state index in [4.69, 9.17) is 0 Å². The second-order valence-electron chi connectivity index (χ2n) is 9.39. The van der Waals surface area contributed by atoms with E-state index in [9.17, 15) is 40.2 Å². The fraction of sp³-hybridized carbons (Fsp3) is 0.192. The molecule has 1 saturated heterocycles. The van der Waals surface area contributed by atoms with Gasteiger partial charge in [-0.3, -0.25) is 44.6 Å². The van der Waals surface area contributed by atoms with Gasteiger partial charge in [0.15, 0.2) is 5.69 Å². The molecule has 1 fully saturated rings. The lowest BCUT2D eigenvalue weighted by atomic mass is 10.1. The molecule has 16 heteroatoms. The Morgan fingerprint density at radius 1 is 0.810 bits per heavy atom. The third-order valence-corrected chi connectivity index (χ3v) is 6.87. The van der Waals surface area contributed by atoms with Crippen molar-refractivity contribution < 1.29 is 24.7 Å². The lowest BCUT2D eigenvalue weighted by Crippen LogP contribution is -2.46. The zero-order valence-electron chi connectivity index (χ0n) is 21.8. The summed E-state index contributed by atoms with van der Waals surface area (Å²) in [4.78, 5) is 48.0. The molecule has 0 atom stereocenters. The number of hydrogen-bond acceptors (Lipinski definition) is 11. The first-order valence-corrected chi connectivity index (χ1v) is 12.5. The Labute approximate surface area is 236 Å². The number of azo groups is 1. The highest BCUT2D eigenvalue weighted by molar-refractivity contribution is 5.98. The maximum atomic E-state index is 12.7. The van der Waals surface area contributed by atoms with E-state index in [0.29, 0.717) is 43.8 Å². The van der Waals surface area contributed by atoms with E-state index in [0.717, 1.165) is 23.9 Å². The fourth-order valence-electron chi connectivity index (χ4n) is 4.73. The Morgan fingerprint density at radius 3 is 2.00 bits per heavy atom. The summed E-state index contributed by atoms with van der Waals surface area (Å²) in [7, 11) is 0. The summed E-state index contributed by atoms with van der Waals surface area (Å²) in [5.41, 5.74) is -0.159. The molecule has 0 unspecified atom stereocenters. The fourth-order valence-corrected chi connectivity index (χ4v) is 4.73. The van der Waals surface area contributed by atoms with Crippen LogP contribution in [0.15, 0.2) is 77.0 Å². The van der Waals surface area contributed by atoms with Crippen LogP contribution in [-0.4, -0.2) is 61.4 Å². The highest BCUT2D eigenvalue weighted by Crippen LogP contribution is 2.39. The normalized spacial score (nSPS) is 14.0. The quantitative estimate of drug-likeness (QED) is 0.173. The minimum Gasteiger partial charge on any atom is -0.493 e. The first-order chi connectivity index (χ1) is 20.1. The van der Waals surface area contributed by atoms with Crippen molar-refractivity contribution in [1.82, 2.24) is 9.47 Å². The predicted molar refractivity (Wildman–Crippen MR) is 149 cm³/mol. The van der Waals surface area contributed by atoms with Gasteiger partial charge >= 0.3 is 0 Å². The number of fused-ring (bicyclic) bond motifs is 1. The molecule has 0 aliphatic carbocycles. The van der Waals surface area contributed by atoms with E-state index < -0.39 is 37.6 Å². The number of nitro groups is 3. The number of aromatic nitrogens is 1. The summed E-state index contributed by atoms with van der Waals surface area (Å²) >= 11 is 0. The Bertz CT molecular complexity index is 1710. The minimum atomic E-state index is -1.06. The van der Waals surface area contributed by atoms with Gasteiger partial charge in [0.2, 0.25) is 5.88 Å². The smallest absolute Gasteiger partial charge is 0.295 e. The molecule has 0 saturated carbocycles. The van der Waals surface area contributed by atoms with Crippen LogP contribution in [0.2, 0.25) is 0 Å². The standard InChI is InChI=1S/C26H22N8O8/c35-25(17-13-20(33(39)40)15-21(14-17)34(41)42)28-27-24-22-3-1-2-4-23(22)31(26(24)36)16-29-9-11-30(12-10-29)18-5-7-19(8-6-18)32(37)38/h1-8,13-15,36H,9-12,16H2. The van der Waals surface area contributed by atoms with Gasteiger partial charge in [-0.25, -0.2) is 0 Å². The molecule has 2 heterocycles. The first kappa shape index (κ1) is 27.8. The number of hydrogen-bond donors (Lipinski definition) is 1. The number of carbonyl (C=O) groups excluding carboxylic acids is 1. The van der Waals surface area contributed by atoms with Crippen molar-refractivity contribution >= 4 is 45.2 Å². The third-order valence-electron chi connectivity index (χ3n) is 6.87. The Morgan fingerprint density at radius 2 is 1.40 bits per heavy atom. The number of para-hydroxylation sites is 1. The van der Waals surface area contributed by atoms with Gasteiger partial charge in [-0.2, -0.15) is 0 Å². The highest BCUT2D eigenvalue weighted by Gasteiger charge is 2.23. The molecule has 3 aromatic carbocycles. The lowest BCUT2D eigenvalue weighted by molar-refractivity contribution is -0.394. The summed E-state index contributed by atoms with van der Waals surface area (Å²) in [6, 6.07) is 15.8. The van der Waals surface area contributed by atoms with Crippen LogP contribution in [0.5, 0.6) is 5.88 Å². The van der Waals surface area contributed by atoms with Crippen molar-refractivity contribution in [3.63, 3.8) is 0 Å². The summed E-state index contributed by atoms with van der Waals surface area (Å²) in [6.45, 7) is 2.84. The monoisotopic (exact) mass is 574 g/mol. The van der Waals surface area contributed by atoms with Gasteiger partial charge in [0.1, 0.15) is 0 Å². The largest absolute Gasteiger partial charge is 0.493 e. The lowest BCUT2D eigenvalue weighted by Gasteiger charge is -2.36. The predicted octanol–water partition coefficient (Wildman–Crippen LogP) is 4.78. The summed E-state index contributed by atoms with van der Waals surface area (Å²) < 4.78 is 1.62. The van der Waals surface area contributed by atoms with E-state index in [1.807, 2.05) is 0 Å². The molecule has 214 valence electrons. The van der Waals surface area contributed by atoms with Gasteiger partial charge in [-0.05, 0) is 18.2 Å². The van der Waals surface area contributed by atoms with E-state index in [-0.39, 0.29) is 17.3 Å². The molecule has 0 bridgehead atoms. The summed E-state index contributed by atoms with van der Waals surface area (Å²) in [5, 5.41) is 52.4. The number of nitrogens with zero attached hydrogens (tertiary/aromatic N) is 8. The van der Waals surface area contributed by atoms with Crippen molar-refractivity contribution in [2.24, 2.45) is 10.2 Å². The van der Waals surface area contributed by atoms with Crippen LogP contribution in [0, 0.1) is 30.3 Å². The molecule has 1 amide bonds. The van der Waals surface area contributed by atoms with Gasteiger partial charge in [0.25, 0.3) is 23.0 Å². The molecule has 16 nitrogen and oxygen atoms in total. The van der Waals surface area contributed by atoms with E-state index >= 15 is 0 Å². The molecule has 5 rings (SSSR count). The highest BCUT2D eigenvalue weighted by atomic mass is 16.6. The van der Waals surface area contributed by atoms with Crippen LogP contribution < -0.4 is 4.90 Å². The van der Waals surface area contributed by atoms with Crippen LogP contribution in [0.25, 0.3) is 10.9 Å². The number of non-ortho nitro benzene ring substituents is 3. The minimum absolute atomic E-state index is 0.00314. The van der Waals surface area contributed by atoms with Gasteiger partial charge < -0.3 is 10.0 Å². The molecule has 1 aliphatic heterocycles. The van der Waals surface area contributed by atoms with Gasteiger partial charge in [0.05, 0.1) is 38.6 Å². The zero-order chi connectivity index (χ0) is 30.0.